The molecule has 0 bridgehead atoms. The molecule has 0 aliphatic heterocycles. The van der Waals surface area contributed by atoms with Crippen LogP contribution in [0.15, 0.2) is 46.9 Å². The van der Waals surface area contributed by atoms with E-state index < -0.39 is 17.9 Å². The van der Waals surface area contributed by atoms with Crippen LogP contribution >= 0.6 is 0 Å². The van der Waals surface area contributed by atoms with Crippen molar-refractivity contribution in [2.75, 3.05) is 7.11 Å². The lowest BCUT2D eigenvalue weighted by atomic mass is 10.1. The molecule has 0 aliphatic carbocycles. The number of hydrogen-bond acceptors (Lipinski definition) is 5. The predicted molar refractivity (Wildman–Crippen MR) is 104 cm³/mol. The minimum absolute atomic E-state index is 0.0582. The molecule has 3 aromatic rings. The van der Waals surface area contributed by atoms with E-state index >= 15 is 0 Å². The number of fused-ring (bicyclic) bond motifs is 1. The fourth-order valence-corrected chi connectivity index (χ4v) is 2.69. The van der Waals surface area contributed by atoms with Gasteiger partial charge in [0.25, 0.3) is 5.91 Å². The van der Waals surface area contributed by atoms with Crippen molar-refractivity contribution in [1.82, 2.24) is 10.9 Å². The Morgan fingerprint density at radius 2 is 1.75 bits per heavy atom. The van der Waals surface area contributed by atoms with Crippen molar-refractivity contribution in [3.63, 3.8) is 0 Å². The molecule has 2 aromatic carbocycles. The standard InChI is InChI=1S/C21H22N2O5/c1-12-7-5-9-16(13(12)2)27-14(3)20(24)22-23-21(25)18-11-15-8-6-10-17(26-4)19(15)28-18/h5-11,14H,1-4H3,(H,22,24)(H,23,25). The van der Waals surface area contributed by atoms with Gasteiger partial charge in [0.15, 0.2) is 23.2 Å². The van der Waals surface area contributed by atoms with Gasteiger partial charge in [0.1, 0.15) is 5.75 Å². The monoisotopic (exact) mass is 382 g/mol. The zero-order chi connectivity index (χ0) is 20.3. The Kier molecular flexibility index (Phi) is 5.54. The van der Waals surface area contributed by atoms with Gasteiger partial charge in [-0.1, -0.05) is 24.3 Å². The molecular weight excluding hydrogens is 360 g/mol. The van der Waals surface area contributed by atoms with E-state index in [2.05, 4.69) is 10.9 Å². The first-order chi connectivity index (χ1) is 13.4. The number of furan rings is 1. The normalized spacial score (nSPS) is 11.7. The van der Waals surface area contributed by atoms with Gasteiger partial charge in [-0.25, -0.2) is 0 Å². The number of para-hydroxylation sites is 1. The second kappa shape index (κ2) is 8.04. The number of aryl methyl sites for hydroxylation is 1. The lowest BCUT2D eigenvalue weighted by Crippen LogP contribution is -2.47. The Balaban J connectivity index is 1.62. The molecule has 0 saturated heterocycles. The van der Waals surface area contributed by atoms with E-state index in [4.69, 9.17) is 13.9 Å². The summed E-state index contributed by atoms with van der Waals surface area (Å²) in [5.41, 5.74) is 7.18. The molecular formula is C21H22N2O5. The number of carbonyl (C=O) groups is 2. The molecule has 1 aromatic heterocycles. The van der Waals surface area contributed by atoms with Gasteiger partial charge in [-0.3, -0.25) is 20.4 Å². The third kappa shape index (κ3) is 3.93. The summed E-state index contributed by atoms with van der Waals surface area (Å²) in [7, 11) is 1.52. The van der Waals surface area contributed by atoms with Gasteiger partial charge >= 0.3 is 5.91 Å². The van der Waals surface area contributed by atoms with Crippen LogP contribution in [0.25, 0.3) is 11.0 Å². The largest absolute Gasteiger partial charge is 0.493 e. The van der Waals surface area contributed by atoms with Crippen LogP contribution in [0, 0.1) is 13.8 Å². The van der Waals surface area contributed by atoms with Gasteiger partial charge in [-0.05, 0) is 50.1 Å². The van der Waals surface area contributed by atoms with Crippen molar-refractivity contribution in [3.05, 3.63) is 59.4 Å². The highest BCUT2D eigenvalue weighted by molar-refractivity contribution is 5.98. The highest BCUT2D eigenvalue weighted by Crippen LogP contribution is 2.28. The third-order valence-electron chi connectivity index (χ3n) is 4.48. The highest BCUT2D eigenvalue weighted by atomic mass is 16.5. The predicted octanol–water partition coefficient (Wildman–Crippen LogP) is 3.29. The van der Waals surface area contributed by atoms with Gasteiger partial charge in [-0.2, -0.15) is 0 Å². The lowest BCUT2D eigenvalue weighted by molar-refractivity contribution is -0.128. The van der Waals surface area contributed by atoms with Crippen LogP contribution in [-0.2, 0) is 4.79 Å². The molecule has 3 rings (SSSR count). The van der Waals surface area contributed by atoms with Gasteiger partial charge < -0.3 is 13.9 Å². The van der Waals surface area contributed by atoms with Crippen molar-refractivity contribution < 1.29 is 23.5 Å². The summed E-state index contributed by atoms with van der Waals surface area (Å²) in [6.07, 6.45) is -0.795. The van der Waals surface area contributed by atoms with Crippen LogP contribution in [0.2, 0.25) is 0 Å². The second-order valence-corrected chi connectivity index (χ2v) is 6.39. The molecule has 146 valence electrons. The molecule has 7 nitrogen and oxygen atoms in total. The average molecular weight is 382 g/mol. The zero-order valence-corrected chi connectivity index (χ0v) is 16.2. The number of benzene rings is 2. The van der Waals surface area contributed by atoms with Crippen LogP contribution in [0.3, 0.4) is 0 Å². The molecule has 0 aliphatic rings. The number of carbonyl (C=O) groups excluding carboxylic acids is 2. The fraction of sp³-hybridized carbons (Fsp3) is 0.238. The number of ether oxygens (including phenoxy) is 2. The number of rotatable bonds is 5. The third-order valence-corrected chi connectivity index (χ3v) is 4.48. The lowest BCUT2D eigenvalue weighted by Gasteiger charge is -2.17. The molecule has 0 saturated carbocycles. The smallest absolute Gasteiger partial charge is 0.305 e. The van der Waals surface area contributed by atoms with E-state index in [1.807, 2.05) is 26.0 Å². The van der Waals surface area contributed by atoms with E-state index in [0.717, 1.165) is 16.5 Å². The highest BCUT2D eigenvalue weighted by Gasteiger charge is 2.19. The van der Waals surface area contributed by atoms with E-state index in [-0.39, 0.29) is 5.76 Å². The van der Waals surface area contributed by atoms with Crippen molar-refractivity contribution in [3.8, 4) is 11.5 Å². The van der Waals surface area contributed by atoms with Crippen molar-refractivity contribution in [2.24, 2.45) is 0 Å². The molecule has 0 radical (unpaired) electrons. The summed E-state index contributed by atoms with van der Waals surface area (Å²) in [6.45, 7) is 5.50. The molecule has 2 N–H and O–H groups in total. The van der Waals surface area contributed by atoms with E-state index in [1.165, 1.54) is 7.11 Å². The van der Waals surface area contributed by atoms with Gasteiger partial charge in [-0.15, -0.1) is 0 Å². The molecule has 0 spiro atoms. The van der Waals surface area contributed by atoms with Crippen molar-refractivity contribution >= 4 is 22.8 Å². The molecule has 28 heavy (non-hydrogen) atoms. The summed E-state index contributed by atoms with van der Waals surface area (Å²) in [5, 5.41) is 0.724. The number of amides is 2. The molecule has 0 fully saturated rings. The Hall–Kier alpha value is -3.48. The molecule has 1 atom stereocenters. The quantitative estimate of drug-likeness (QED) is 0.661. The van der Waals surface area contributed by atoms with Crippen LogP contribution in [0.4, 0.5) is 0 Å². The first-order valence-corrected chi connectivity index (χ1v) is 8.80. The van der Waals surface area contributed by atoms with Gasteiger partial charge in [0, 0.05) is 5.39 Å². The first-order valence-electron chi connectivity index (χ1n) is 8.80. The van der Waals surface area contributed by atoms with Crippen LogP contribution in [0.5, 0.6) is 11.5 Å². The summed E-state index contributed by atoms with van der Waals surface area (Å²) < 4.78 is 16.5. The number of nitrogens with one attached hydrogen (secondary N) is 2. The number of hydrogen-bond donors (Lipinski definition) is 2. The maximum Gasteiger partial charge on any atom is 0.305 e. The number of hydrazine groups is 1. The summed E-state index contributed by atoms with van der Waals surface area (Å²) in [6, 6.07) is 12.5. The van der Waals surface area contributed by atoms with E-state index in [1.54, 1.807) is 37.3 Å². The maximum atomic E-state index is 12.3. The van der Waals surface area contributed by atoms with Gasteiger partial charge in [0.05, 0.1) is 7.11 Å². The molecule has 1 unspecified atom stereocenters. The van der Waals surface area contributed by atoms with Gasteiger partial charge in [0.2, 0.25) is 0 Å². The molecule has 2 amide bonds. The second-order valence-electron chi connectivity index (χ2n) is 6.39. The van der Waals surface area contributed by atoms with Crippen LogP contribution < -0.4 is 20.3 Å². The Morgan fingerprint density at radius 1 is 1.04 bits per heavy atom. The fourth-order valence-electron chi connectivity index (χ4n) is 2.69. The summed E-state index contributed by atoms with van der Waals surface area (Å²) in [4.78, 5) is 24.5. The summed E-state index contributed by atoms with van der Waals surface area (Å²) >= 11 is 0. The SMILES string of the molecule is COc1cccc2cc(C(=O)NNC(=O)C(C)Oc3cccc(C)c3C)oc12. The van der Waals surface area contributed by atoms with Crippen LogP contribution in [0.1, 0.15) is 28.6 Å². The summed E-state index contributed by atoms with van der Waals surface area (Å²) in [5.74, 6) is 0.144. The zero-order valence-electron chi connectivity index (χ0n) is 16.2. The Bertz CT molecular complexity index is 1020. The minimum atomic E-state index is -0.795. The van der Waals surface area contributed by atoms with E-state index in [0.29, 0.717) is 17.1 Å². The van der Waals surface area contributed by atoms with Crippen molar-refractivity contribution in [1.29, 1.82) is 0 Å². The Labute approximate surface area is 162 Å². The maximum absolute atomic E-state index is 12.3. The average Bonchev–Trinajstić information content (AvgIpc) is 3.13. The minimum Gasteiger partial charge on any atom is -0.493 e. The molecule has 1 heterocycles. The van der Waals surface area contributed by atoms with Crippen molar-refractivity contribution in [2.45, 2.75) is 26.9 Å². The van der Waals surface area contributed by atoms with E-state index in [9.17, 15) is 9.59 Å². The number of methoxy groups -OCH3 is 1. The van der Waals surface area contributed by atoms with Crippen LogP contribution in [-0.4, -0.2) is 25.0 Å². The molecule has 7 heteroatoms. The topological polar surface area (TPSA) is 89.8 Å². The first kappa shape index (κ1) is 19.3. The Morgan fingerprint density at radius 3 is 2.50 bits per heavy atom.